The maximum absolute atomic E-state index is 13.4. The first kappa shape index (κ1) is 13.5. The highest BCUT2D eigenvalue weighted by molar-refractivity contribution is 6.30. The van der Waals surface area contributed by atoms with Crippen LogP contribution in [0.4, 0.5) is 4.39 Å². The minimum absolute atomic E-state index is 0.0824. The molecule has 1 fully saturated rings. The Hall–Kier alpha value is -1.43. The van der Waals surface area contributed by atoms with Gasteiger partial charge in [0.15, 0.2) is 5.76 Å². The summed E-state index contributed by atoms with van der Waals surface area (Å²) in [6, 6.07) is 6.38. The van der Waals surface area contributed by atoms with E-state index < -0.39 is 5.82 Å². The standard InChI is InChI=1S/C14H14ClFN2O2/c15-10-3-1-8(5-11(10)16)12-6-14(20-18-12)13-4-2-9(17)7-19-13/h1,3,5-6,9,13H,2,4,7,17H2/t9-,13+/m1/s1. The second kappa shape index (κ2) is 5.52. The highest BCUT2D eigenvalue weighted by Gasteiger charge is 2.24. The van der Waals surface area contributed by atoms with Crippen molar-refractivity contribution in [1.29, 1.82) is 0 Å². The number of rotatable bonds is 2. The summed E-state index contributed by atoms with van der Waals surface area (Å²) in [6.07, 6.45) is 1.55. The first-order valence-electron chi connectivity index (χ1n) is 6.42. The van der Waals surface area contributed by atoms with Gasteiger partial charge >= 0.3 is 0 Å². The van der Waals surface area contributed by atoms with Crippen LogP contribution in [-0.4, -0.2) is 17.8 Å². The van der Waals surface area contributed by atoms with E-state index in [2.05, 4.69) is 5.16 Å². The molecule has 1 saturated heterocycles. The summed E-state index contributed by atoms with van der Waals surface area (Å²) in [4.78, 5) is 0. The van der Waals surface area contributed by atoms with Gasteiger partial charge < -0.3 is 15.0 Å². The molecule has 4 nitrogen and oxygen atoms in total. The van der Waals surface area contributed by atoms with Gasteiger partial charge in [0.1, 0.15) is 17.6 Å². The molecule has 20 heavy (non-hydrogen) atoms. The van der Waals surface area contributed by atoms with Gasteiger partial charge in [0.05, 0.1) is 11.6 Å². The Bertz CT molecular complexity index is 609. The monoisotopic (exact) mass is 296 g/mol. The fourth-order valence-corrected chi connectivity index (χ4v) is 2.35. The Kier molecular flexibility index (Phi) is 3.74. The molecule has 2 aromatic rings. The third kappa shape index (κ3) is 2.70. The third-order valence-corrected chi connectivity index (χ3v) is 3.68. The van der Waals surface area contributed by atoms with E-state index in [9.17, 15) is 4.39 Å². The molecule has 1 aliphatic heterocycles. The van der Waals surface area contributed by atoms with Crippen molar-refractivity contribution in [3.63, 3.8) is 0 Å². The lowest BCUT2D eigenvalue weighted by atomic mass is 10.0. The van der Waals surface area contributed by atoms with Crippen LogP contribution in [0.15, 0.2) is 28.8 Å². The molecule has 6 heteroatoms. The van der Waals surface area contributed by atoms with Crippen molar-refractivity contribution in [2.24, 2.45) is 5.73 Å². The average molecular weight is 297 g/mol. The van der Waals surface area contributed by atoms with Crippen LogP contribution in [0.3, 0.4) is 0 Å². The molecule has 1 aliphatic rings. The van der Waals surface area contributed by atoms with Crippen molar-refractivity contribution < 1.29 is 13.7 Å². The smallest absolute Gasteiger partial charge is 0.166 e. The molecule has 2 atom stereocenters. The van der Waals surface area contributed by atoms with Crippen LogP contribution < -0.4 is 5.73 Å². The minimum Gasteiger partial charge on any atom is -0.369 e. The van der Waals surface area contributed by atoms with Crippen molar-refractivity contribution >= 4 is 11.6 Å². The summed E-state index contributed by atoms with van der Waals surface area (Å²) in [6.45, 7) is 0.510. The number of hydrogen-bond acceptors (Lipinski definition) is 4. The van der Waals surface area contributed by atoms with E-state index in [1.165, 1.54) is 12.1 Å². The highest BCUT2D eigenvalue weighted by Crippen LogP contribution is 2.31. The predicted octanol–water partition coefficient (Wildman–Crippen LogP) is 3.31. The van der Waals surface area contributed by atoms with Crippen LogP contribution in [0.25, 0.3) is 11.3 Å². The van der Waals surface area contributed by atoms with Crippen molar-refractivity contribution in [2.75, 3.05) is 6.61 Å². The van der Waals surface area contributed by atoms with E-state index in [0.717, 1.165) is 12.8 Å². The van der Waals surface area contributed by atoms with Gasteiger partial charge in [-0.25, -0.2) is 4.39 Å². The minimum atomic E-state index is -0.478. The van der Waals surface area contributed by atoms with Crippen LogP contribution >= 0.6 is 11.6 Å². The predicted molar refractivity (Wildman–Crippen MR) is 72.8 cm³/mol. The summed E-state index contributed by atoms with van der Waals surface area (Å²) in [7, 11) is 0. The zero-order valence-corrected chi connectivity index (χ0v) is 11.4. The first-order chi connectivity index (χ1) is 9.63. The van der Waals surface area contributed by atoms with E-state index in [-0.39, 0.29) is 17.2 Å². The molecule has 3 rings (SSSR count). The topological polar surface area (TPSA) is 61.3 Å². The van der Waals surface area contributed by atoms with Crippen LogP contribution in [0.2, 0.25) is 5.02 Å². The molecule has 0 aliphatic carbocycles. The van der Waals surface area contributed by atoms with Crippen LogP contribution in [0.5, 0.6) is 0 Å². The zero-order chi connectivity index (χ0) is 14.1. The van der Waals surface area contributed by atoms with Gasteiger partial charge in [0.2, 0.25) is 0 Å². The van der Waals surface area contributed by atoms with Crippen molar-refractivity contribution in [3.8, 4) is 11.3 Å². The molecular formula is C14H14ClFN2O2. The van der Waals surface area contributed by atoms with Crippen LogP contribution in [-0.2, 0) is 4.74 Å². The highest BCUT2D eigenvalue weighted by atomic mass is 35.5. The molecule has 0 bridgehead atoms. The maximum atomic E-state index is 13.4. The molecular weight excluding hydrogens is 283 g/mol. The molecule has 1 aromatic carbocycles. The average Bonchev–Trinajstić information content (AvgIpc) is 2.92. The second-order valence-corrected chi connectivity index (χ2v) is 5.31. The van der Waals surface area contributed by atoms with Gasteiger partial charge in [-0.3, -0.25) is 0 Å². The van der Waals surface area contributed by atoms with E-state index in [0.29, 0.717) is 23.6 Å². The molecule has 1 aromatic heterocycles. The molecule has 106 valence electrons. The van der Waals surface area contributed by atoms with Crippen molar-refractivity contribution in [2.45, 2.75) is 25.0 Å². The number of benzene rings is 1. The Morgan fingerprint density at radius 3 is 2.85 bits per heavy atom. The maximum Gasteiger partial charge on any atom is 0.166 e. The molecule has 0 amide bonds. The largest absolute Gasteiger partial charge is 0.369 e. The lowest BCUT2D eigenvalue weighted by molar-refractivity contribution is -0.0111. The molecule has 0 saturated carbocycles. The zero-order valence-electron chi connectivity index (χ0n) is 10.7. The quantitative estimate of drug-likeness (QED) is 0.923. The fourth-order valence-electron chi connectivity index (χ4n) is 2.23. The Balaban J connectivity index is 1.81. The van der Waals surface area contributed by atoms with E-state index >= 15 is 0 Å². The van der Waals surface area contributed by atoms with Gasteiger partial charge in [-0.2, -0.15) is 0 Å². The number of halogens is 2. The van der Waals surface area contributed by atoms with Crippen LogP contribution in [0, 0.1) is 5.82 Å². The van der Waals surface area contributed by atoms with E-state index in [1.54, 1.807) is 12.1 Å². The number of aromatic nitrogens is 1. The van der Waals surface area contributed by atoms with Gasteiger partial charge in [0, 0.05) is 17.7 Å². The Labute approximate surface area is 120 Å². The SMILES string of the molecule is N[C@@H]1CC[C@@H](c2cc(-c3ccc(Cl)c(F)c3)no2)OC1. The fraction of sp³-hybridized carbons (Fsp3) is 0.357. The molecule has 2 heterocycles. The van der Waals surface area contributed by atoms with Crippen LogP contribution in [0.1, 0.15) is 24.7 Å². The first-order valence-corrected chi connectivity index (χ1v) is 6.80. The van der Waals surface area contributed by atoms with E-state index in [1.807, 2.05) is 0 Å². The molecule has 2 N–H and O–H groups in total. The lowest BCUT2D eigenvalue weighted by Gasteiger charge is -2.24. The Morgan fingerprint density at radius 2 is 2.15 bits per heavy atom. The van der Waals surface area contributed by atoms with Gasteiger partial charge in [-0.1, -0.05) is 22.8 Å². The Morgan fingerprint density at radius 1 is 1.30 bits per heavy atom. The van der Waals surface area contributed by atoms with Crippen molar-refractivity contribution in [3.05, 3.63) is 40.9 Å². The number of nitrogens with zero attached hydrogens (tertiary/aromatic N) is 1. The summed E-state index contributed by atoms with van der Waals surface area (Å²) in [5, 5.41) is 4.04. The summed E-state index contributed by atoms with van der Waals surface area (Å²) < 4.78 is 24.3. The molecule has 0 radical (unpaired) electrons. The lowest BCUT2D eigenvalue weighted by Crippen LogP contribution is -2.32. The second-order valence-electron chi connectivity index (χ2n) is 4.90. The number of ether oxygens (including phenoxy) is 1. The molecule has 0 spiro atoms. The third-order valence-electron chi connectivity index (χ3n) is 3.37. The summed E-state index contributed by atoms with van der Waals surface area (Å²) >= 11 is 5.66. The molecule has 0 unspecified atom stereocenters. The summed E-state index contributed by atoms with van der Waals surface area (Å²) in [5.41, 5.74) is 6.96. The van der Waals surface area contributed by atoms with Crippen molar-refractivity contribution in [1.82, 2.24) is 5.16 Å². The van der Waals surface area contributed by atoms with Gasteiger partial charge in [-0.05, 0) is 25.0 Å². The van der Waals surface area contributed by atoms with Gasteiger partial charge in [-0.15, -0.1) is 0 Å². The van der Waals surface area contributed by atoms with Gasteiger partial charge in [0.25, 0.3) is 0 Å². The van der Waals surface area contributed by atoms with E-state index in [4.69, 9.17) is 26.6 Å². The number of nitrogens with two attached hydrogens (primary N) is 1. The number of hydrogen-bond donors (Lipinski definition) is 1. The normalized spacial score (nSPS) is 22.9. The summed E-state index contributed by atoms with van der Waals surface area (Å²) in [5.74, 6) is 0.163.